The Morgan fingerprint density at radius 2 is 1.94 bits per heavy atom. The fourth-order valence-corrected chi connectivity index (χ4v) is 1.55. The molecule has 0 unspecified atom stereocenters. The van der Waals surface area contributed by atoms with Crippen molar-refractivity contribution in [1.82, 2.24) is 5.06 Å². The van der Waals surface area contributed by atoms with Crippen LogP contribution in [0.4, 0.5) is 10.5 Å². The van der Waals surface area contributed by atoms with Crippen molar-refractivity contribution in [3.63, 3.8) is 0 Å². The Labute approximate surface area is 109 Å². The van der Waals surface area contributed by atoms with E-state index in [0.29, 0.717) is 10.8 Å². The highest BCUT2D eigenvalue weighted by atomic mass is 16.5. The fraction of sp³-hybridized carbons (Fsp3) is 0.500. The van der Waals surface area contributed by atoms with Crippen molar-refractivity contribution in [2.45, 2.75) is 46.1 Å². The van der Waals surface area contributed by atoms with Gasteiger partial charge in [0.2, 0.25) is 0 Å². The number of anilines is 1. The molecule has 0 spiro atoms. The van der Waals surface area contributed by atoms with E-state index < -0.39 is 6.03 Å². The van der Waals surface area contributed by atoms with Crippen molar-refractivity contribution < 1.29 is 10.0 Å². The van der Waals surface area contributed by atoms with Gasteiger partial charge < -0.3 is 5.32 Å². The van der Waals surface area contributed by atoms with Crippen LogP contribution in [-0.2, 0) is 6.42 Å². The van der Waals surface area contributed by atoms with Gasteiger partial charge >= 0.3 is 6.03 Å². The summed E-state index contributed by atoms with van der Waals surface area (Å²) in [6, 6.07) is 6.97. The summed E-state index contributed by atoms with van der Waals surface area (Å²) >= 11 is 0. The Balaban J connectivity index is 2.55. The number of benzene rings is 1. The van der Waals surface area contributed by atoms with Gasteiger partial charge in [-0.25, -0.2) is 9.86 Å². The number of amides is 2. The third kappa shape index (κ3) is 4.37. The molecule has 1 aromatic carbocycles. The number of hydroxylamine groups is 2. The maximum atomic E-state index is 11.6. The van der Waals surface area contributed by atoms with E-state index >= 15 is 0 Å². The highest BCUT2D eigenvalue weighted by Gasteiger charge is 2.13. The van der Waals surface area contributed by atoms with Gasteiger partial charge in [-0.1, -0.05) is 25.5 Å². The molecule has 1 aromatic rings. The molecule has 0 bridgehead atoms. The molecule has 0 radical (unpaired) electrons. The van der Waals surface area contributed by atoms with E-state index in [-0.39, 0.29) is 6.04 Å². The molecule has 18 heavy (non-hydrogen) atoms. The number of carbonyl (C=O) groups excluding carboxylic acids is 1. The predicted molar refractivity (Wildman–Crippen MR) is 72.8 cm³/mol. The van der Waals surface area contributed by atoms with Crippen molar-refractivity contribution in [3.05, 3.63) is 29.8 Å². The highest BCUT2D eigenvalue weighted by molar-refractivity contribution is 5.88. The van der Waals surface area contributed by atoms with Crippen LogP contribution < -0.4 is 5.32 Å². The number of nitrogens with zero attached hydrogens (tertiary/aromatic N) is 1. The summed E-state index contributed by atoms with van der Waals surface area (Å²) in [5.74, 6) is 0. The SMILES string of the molecule is CCCCc1ccc(NC(=O)N(O)C(C)C)cc1. The van der Waals surface area contributed by atoms with Crippen molar-refractivity contribution in [2.75, 3.05) is 5.32 Å². The molecular weight excluding hydrogens is 228 g/mol. The van der Waals surface area contributed by atoms with Crippen LogP contribution in [0.3, 0.4) is 0 Å². The van der Waals surface area contributed by atoms with Crippen LogP contribution in [0, 0.1) is 0 Å². The zero-order valence-corrected chi connectivity index (χ0v) is 11.3. The van der Waals surface area contributed by atoms with Crippen molar-refractivity contribution in [2.24, 2.45) is 0 Å². The molecule has 4 nitrogen and oxygen atoms in total. The van der Waals surface area contributed by atoms with Gasteiger partial charge in [0, 0.05) is 5.69 Å². The van der Waals surface area contributed by atoms with Gasteiger partial charge in [0.1, 0.15) is 0 Å². The summed E-state index contributed by atoms with van der Waals surface area (Å²) in [4.78, 5) is 11.6. The number of carbonyl (C=O) groups is 1. The maximum absolute atomic E-state index is 11.6. The Morgan fingerprint density at radius 1 is 1.33 bits per heavy atom. The largest absolute Gasteiger partial charge is 0.345 e. The highest BCUT2D eigenvalue weighted by Crippen LogP contribution is 2.12. The molecule has 0 aliphatic carbocycles. The molecule has 1 rings (SSSR count). The standard InChI is InChI=1S/C14H22N2O2/c1-4-5-6-12-7-9-13(10-8-12)15-14(17)16(18)11(2)3/h7-11,18H,4-6H2,1-3H3,(H,15,17). The lowest BCUT2D eigenvalue weighted by molar-refractivity contribution is -0.0622. The summed E-state index contributed by atoms with van der Waals surface area (Å²) < 4.78 is 0. The van der Waals surface area contributed by atoms with Crippen LogP contribution in [0.5, 0.6) is 0 Å². The van der Waals surface area contributed by atoms with Crippen molar-refractivity contribution in [1.29, 1.82) is 0 Å². The topological polar surface area (TPSA) is 52.6 Å². The van der Waals surface area contributed by atoms with Gasteiger partial charge in [-0.3, -0.25) is 5.21 Å². The van der Waals surface area contributed by atoms with Gasteiger partial charge in [0.25, 0.3) is 0 Å². The monoisotopic (exact) mass is 250 g/mol. The molecule has 0 saturated carbocycles. The second kappa shape index (κ2) is 7.01. The van der Waals surface area contributed by atoms with Crippen LogP contribution in [0.2, 0.25) is 0 Å². The van der Waals surface area contributed by atoms with Crippen LogP contribution in [0.15, 0.2) is 24.3 Å². The van der Waals surface area contributed by atoms with Crippen LogP contribution >= 0.6 is 0 Å². The molecule has 0 atom stereocenters. The molecule has 0 aliphatic heterocycles. The average molecular weight is 250 g/mol. The fourth-order valence-electron chi connectivity index (χ4n) is 1.55. The Bertz CT molecular complexity index is 374. The summed E-state index contributed by atoms with van der Waals surface area (Å²) in [6.07, 6.45) is 3.40. The number of hydrogen-bond donors (Lipinski definition) is 2. The molecule has 2 amide bonds. The number of urea groups is 1. The minimum absolute atomic E-state index is 0.242. The van der Waals surface area contributed by atoms with E-state index in [1.165, 1.54) is 18.4 Å². The van der Waals surface area contributed by atoms with Gasteiger partial charge in [-0.15, -0.1) is 0 Å². The molecule has 100 valence electrons. The second-order valence-corrected chi connectivity index (χ2v) is 4.67. The predicted octanol–water partition coefficient (Wildman–Crippen LogP) is 3.66. The van der Waals surface area contributed by atoms with E-state index in [1.54, 1.807) is 13.8 Å². The number of aryl methyl sites for hydroxylation is 1. The number of rotatable bonds is 5. The van der Waals surface area contributed by atoms with E-state index in [9.17, 15) is 10.0 Å². The summed E-state index contributed by atoms with van der Waals surface area (Å²) in [5, 5.41) is 12.8. The van der Waals surface area contributed by atoms with Gasteiger partial charge in [0.15, 0.2) is 0 Å². The number of nitrogens with one attached hydrogen (secondary N) is 1. The quantitative estimate of drug-likeness (QED) is 0.619. The van der Waals surface area contributed by atoms with Gasteiger partial charge in [-0.05, 0) is 44.4 Å². The van der Waals surface area contributed by atoms with Crippen molar-refractivity contribution >= 4 is 11.7 Å². The smallest absolute Gasteiger partial charge is 0.306 e. The molecule has 0 aromatic heterocycles. The first-order valence-corrected chi connectivity index (χ1v) is 6.42. The Hall–Kier alpha value is -1.55. The summed E-state index contributed by atoms with van der Waals surface area (Å²) in [5.41, 5.74) is 1.96. The van der Waals surface area contributed by atoms with E-state index in [4.69, 9.17) is 0 Å². The minimum Gasteiger partial charge on any atom is -0.306 e. The minimum atomic E-state index is -0.508. The van der Waals surface area contributed by atoms with E-state index in [0.717, 1.165) is 6.42 Å². The van der Waals surface area contributed by atoms with Crippen LogP contribution in [0.1, 0.15) is 39.2 Å². The molecule has 2 N–H and O–H groups in total. The second-order valence-electron chi connectivity index (χ2n) is 4.67. The lowest BCUT2D eigenvalue weighted by atomic mass is 10.1. The first kappa shape index (κ1) is 14.5. The average Bonchev–Trinajstić information content (AvgIpc) is 2.36. The maximum Gasteiger partial charge on any atom is 0.345 e. The normalized spacial score (nSPS) is 10.5. The molecule has 0 heterocycles. The lowest BCUT2D eigenvalue weighted by Gasteiger charge is -2.19. The summed E-state index contributed by atoms with van der Waals surface area (Å²) in [6.45, 7) is 5.65. The molecule has 4 heteroatoms. The molecule has 0 saturated heterocycles. The number of unbranched alkanes of at least 4 members (excludes halogenated alkanes) is 1. The van der Waals surface area contributed by atoms with Gasteiger partial charge in [0.05, 0.1) is 6.04 Å². The Kier molecular flexibility index (Phi) is 5.65. The van der Waals surface area contributed by atoms with Crippen LogP contribution in [0.25, 0.3) is 0 Å². The van der Waals surface area contributed by atoms with E-state index in [1.807, 2.05) is 24.3 Å². The number of hydrogen-bond acceptors (Lipinski definition) is 2. The Morgan fingerprint density at radius 3 is 2.44 bits per heavy atom. The van der Waals surface area contributed by atoms with Gasteiger partial charge in [-0.2, -0.15) is 0 Å². The first-order chi connectivity index (χ1) is 8.54. The molecular formula is C14H22N2O2. The summed E-state index contributed by atoms with van der Waals surface area (Å²) in [7, 11) is 0. The third-order valence-corrected chi connectivity index (χ3v) is 2.72. The lowest BCUT2D eigenvalue weighted by Crippen LogP contribution is -2.37. The zero-order valence-electron chi connectivity index (χ0n) is 11.3. The molecule has 0 fully saturated rings. The van der Waals surface area contributed by atoms with Crippen LogP contribution in [-0.4, -0.2) is 22.3 Å². The third-order valence-electron chi connectivity index (χ3n) is 2.72. The first-order valence-electron chi connectivity index (χ1n) is 6.42. The molecule has 0 aliphatic rings. The van der Waals surface area contributed by atoms with Crippen molar-refractivity contribution in [3.8, 4) is 0 Å². The zero-order chi connectivity index (χ0) is 13.5. The van der Waals surface area contributed by atoms with E-state index in [2.05, 4.69) is 12.2 Å².